The third kappa shape index (κ3) is 3.68. The lowest BCUT2D eigenvalue weighted by molar-refractivity contribution is 0.102. The van der Waals surface area contributed by atoms with Crippen molar-refractivity contribution in [3.05, 3.63) is 64.7 Å². The van der Waals surface area contributed by atoms with Crippen LogP contribution in [0.2, 0.25) is 0 Å². The molecule has 0 radical (unpaired) electrons. The molecule has 24 heavy (non-hydrogen) atoms. The fourth-order valence-electron chi connectivity index (χ4n) is 3.47. The molecule has 2 aromatic rings. The van der Waals surface area contributed by atoms with Crippen molar-refractivity contribution in [2.75, 3.05) is 11.9 Å². The molecular formula is C21H26N2O. The van der Waals surface area contributed by atoms with Crippen LogP contribution in [0.1, 0.15) is 46.8 Å². The molecule has 0 spiro atoms. The first-order valence-electron chi connectivity index (χ1n) is 8.75. The lowest BCUT2D eigenvalue weighted by Crippen LogP contribution is -2.26. The Balaban J connectivity index is 1.74. The summed E-state index contributed by atoms with van der Waals surface area (Å²) in [5.74, 6) is -0.0382. The summed E-state index contributed by atoms with van der Waals surface area (Å²) >= 11 is 0. The number of likely N-dealkylation sites (tertiary alicyclic amines) is 1. The summed E-state index contributed by atoms with van der Waals surface area (Å²) in [6.07, 6.45) is 2.54. The number of carbonyl (C=O) groups excluding carboxylic acids is 1. The molecular weight excluding hydrogens is 296 g/mol. The third-order valence-corrected chi connectivity index (χ3v) is 4.99. The zero-order valence-corrected chi connectivity index (χ0v) is 14.8. The molecule has 0 bridgehead atoms. The van der Waals surface area contributed by atoms with Crippen molar-refractivity contribution in [1.82, 2.24) is 4.90 Å². The van der Waals surface area contributed by atoms with E-state index in [2.05, 4.69) is 23.2 Å². The van der Waals surface area contributed by atoms with Gasteiger partial charge in [0, 0.05) is 23.8 Å². The van der Waals surface area contributed by atoms with Crippen molar-refractivity contribution in [1.29, 1.82) is 0 Å². The van der Waals surface area contributed by atoms with Gasteiger partial charge in [0.05, 0.1) is 0 Å². The van der Waals surface area contributed by atoms with Gasteiger partial charge in [-0.15, -0.1) is 0 Å². The Morgan fingerprint density at radius 2 is 1.88 bits per heavy atom. The molecule has 3 nitrogen and oxygen atoms in total. The minimum Gasteiger partial charge on any atom is -0.322 e. The molecule has 0 aromatic heterocycles. The van der Waals surface area contributed by atoms with Gasteiger partial charge in [-0.1, -0.05) is 30.3 Å². The maximum atomic E-state index is 12.6. The number of amides is 1. The van der Waals surface area contributed by atoms with Gasteiger partial charge in [0.15, 0.2) is 0 Å². The van der Waals surface area contributed by atoms with Crippen molar-refractivity contribution in [2.45, 2.75) is 46.2 Å². The topological polar surface area (TPSA) is 32.3 Å². The zero-order valence-electron chi connectivity index (χ0n) is 14.8. The molecule has 3 heteroatoms. The molecule has 1 aliphatic rings. The number of nitrogens with zero attached hydrogens (tertiary/aromatic N) is 1. The Hall–Kier alpha value is -2.13. The van der Waals surface area contributed by atoms with Crippen LogP contribution in [0.5, 0.6) is 0 Å². The molecule has 0 unspecified atom stereocenters. The average Bonchev–Trinajstić information content (AvgIpc) is 2.96. The molecule has 3 rings (SSSR count). The van der Waals surface area contributed by atoms with Gasteiger partial charge in [-0.2, -0.15) is 0 Å². The minimum atomic E-state index is -0.0382. The van der Waals surface area contributed by atoms with Gasteiger partial charge in [0.25, 0.3) is 5.91 Å². The molecule has 0 aliphatic carbocycles. The number of hydrogen-bond acceptors (Lipinski definition) is 2. The fourth-order valence-corrected chi connectivity index (χ4v) is 3.47. The Bertz CT molecular complexity index is 718. The van der Waals surface area contributed by atoms with Gasteiger partial charge in [-0.3, -0.25) is 9.69 Å². The van der Waals surface area contributed by atoms with E-state index >= 15 is 0 Å². The highest BCUT2D eigenvalue weighted by molar-refractivity contribution is 6.05. The first-order valence-corrected chi connectivity index (χ1v) is 8.75. The van der Waals surface area contributed by atoms with E-state index in [0.717, 1.165) is 35.5 Å². The van der Waals surface area contributed by atoms with Crippen LogP contribution < -0.4 is 5.32 Å². The van der Waals surface area contributed by atoms with Gasteiger partial charge in [0.2, 0.25) is 0 Å². The highest BCUT2D eigenvalue weighted by atomic mass is 16.1. The molecule has 1 aliphatic heterocycles. The summed E-state index contributed by atoms with van der Waals surface area (Å²) in [6.45, 7) is 8.40. The number of hydrogen-bond donors (Lipinski definition) is 1. The van der Waals surface area contributed by atoms with Crippen LogP contribution in [0, 0.1) is 13.8 Å². The smallest absolute Gasteiger partial charge is 0.255 e. The first-order chi connectivity index (χ1) is 11.5. The van der Waals surface area contributed by atoms with Crippen LogP contribution in [-0.2, 0) is 6.54 Å². The number of carbonyl (C=O) groups is 1. The number of nitrogens with one attached hydrogen (secondary N) is 1. The maximum Gasteiger partial charge on any atom is 0.255 e. The van der Waals surface area contributed by atoms with E-state index in [1.54, 1.807) is 0 Å². The lowest BCUT2D eigenvalue weighted by Gasteiger charge is -2.21. The Morgan fingerprint density at radius 1 is 1.17 bits per heavy atom. The summed E-state index contributed by atoms with van der Waals surface area (Å²) in [5.41, 5.74) is 5.02. The van der Waals surface area contributed by atoms with Crippen molar-refractivity contribution in [2.24, 2.45) is 0 Å². The number of aryl methyl sites for hydroxylation is 2. The van der Waals surface area contributed by atoms with Crippen LogP contribution in [0.4, 0.5) is 5.69 Å². The van der Waals surface area contributed by atoms with Crippen LogP contribution >= 0.6 is 0 Å². The lowest BCUT2D eigenvalue weighted by atomic mass is 10.1. The Morgan fingerprint density at radius 3 is 2.54 bits per heavy atom. The predicted octanol–water partition coefficient (Wildman–Crippen LogP) is 4.54. The van der Waals surface area contributed by atoms with Gasteiger partial charge in [-0.25, -0.2) is 0 Å². The van der Waals surface area contributed by atoms with Gasteiger partial charge in [0.1, 0.15) is 0 Å². The molecule has 1 fully saturated rings. The van der Waals surface area contributed by atoms with Crippen LogP contribution in [0.25, 0.3) is 0 Å². The van der Waals surface area contributed by atoms with Crippen molar-refractivity contribution < 1.29 is 4.79 Å². The summed E-state index contributed by atoms with van der Waals surface area (Å²) in [7, 11) is 0. The second-order valence-corrected chi connectivity index (χ2v) is 6.88. The van der Waals surface area contributed by atoms with Gasteiger partial charge >= 0.3 is 0 Å². The van der Waals surface area contributed by atoms with E-state index in [0.29, 0.717) is 6.04 Å². The summed E-state index contributed by atoms with van der Waals surface area (Å²) in [4.78, 5) is 15.1. The second-order valence-electron chi connectivity index (χ2n) is 6.88. The maximum absolute atomic E-state index is 12.6. The summed E-state index contributed by atoms with van der Waals surface area (Å²) in [5, 5.41) is 3.07. The Labute approximate surface area is 144 Å². The fraction of sp³-hybridized carbons (Fsp3) is 0.381. The van der Waals surface area contributed by atoms with Crippen LogP contribution in [0.15, 0.2) is 42.5 Å². The van der Waals surface area contributed by atoms with E-state index in [-0.39, 0.29) is 5.91 Å². The third-order valence-electron chi connectivity index (χ3n) is 4.99. The molecule has 2 aromatic carbocycles. The molecule has 1 heterocycles. The second kappa shape index (κ2) is 7.18. The minimum absolute atomic E-state index is 0.0382. The van der Waals surface area contributed by atoms with Crippen molar-refractivity contribution in [3.8, 4) is 0 Å². The monoisotopic (exact) mass is 322 g/mol. The van der Waals surface area contributed by atoms with Gasteiger partial charge < -0.3 is 5.32 Å². The first kappa shape index (κ1) is 16.7. The quantitative estimate of drug-likeness (QED) is 0.896. The SMILES string of the molecule is Cc1cccc(C)c1NC(=O)c1cccc(CN2CCC[C@@H]2C)c1. The van der Waals surface area contributed by atoms with E-state index in [4.69, 9.17) is 0 Å². The number of para-hydroxylation sites is 1. The predicted molar refractivity (Wildman–Crippen MR) is 99.4 cm³/mol. The normalized spacial score (nSPS) is 17.9. The van der Waals surface area contributed by atoms with Crippen molar-refractivity contribution in [3.63, 3.8) is 0 Å². The van der Waals surface area contributed by atoms with E-state index in [1.807, 2.05) is 50.2 Å². The van der Waals surface area contributed by atoms with Crippen LogP contribution in [0.3, 0.4) is 0 Å². The van der Waals surface area contributed by atoms with E-state index in [1.165, 1.54) is 18.4 Å². The molecule has 126 valence electrons. The largest absolute Gasteiger partial charge is 0.322 e. The standard InChI is InChI=1S/C21H26N2O/c1-15-7-4-8-16(2)20(15)22-21(24)19-11-5-10-18(13-19)14-23-12-6-9-17(23)3/h4-5,7-8,10-11,13,17H,6,9,12,14H2,1-3H3,(H,22,24)/t17-/m0/s1. The summed E-state index contributed by atoms with van der Waals surface area (Å²) < 4.78 is 0. The molecule has 1 atom stereocenters. The number of benzene rings is 2. The highest BCUT2D eigenvalue weighted by Gasteiger charge is 2.20. The summed E-state index contributed by atoms with van der Waals surface area (Å²) in [6, 6.07) is 14.7. The van der Waals surface area contributed by atoms with E-state index in [9.17, 15) is 4.79 Å². The average molecular weight is 322 g/mol. The van der Waals surface area contributed by atoms with Gasteiger partial charge in [-0.05, 0) is 69.0 Å². The Kier molecular flexibility index (Phi) is 5.00. The number of rotatable bonds is 4. The number of anilines is 1. The molecule has 1 N–H and O–H groups in total. The molecule has 1 saturated heterocycles. The molecule has 1 amide bonds. The van der Waals surface area contributed by atoms with Crippen molar-refractivity contribution >= 4 is 11.6 Å². The molecule has 0 saturated carbocycles. The highest BCUT2D eigenvalue weighted by Crippen LogP contribution is 2.22. The van der Waals surface area contributed by atoms with Crippen LogP contribution in [-0.4, -0.2) is 23.4 Å². The van der Waals surface area contributed by atoms with E-state index < -0.39 is 0 Å². The zero-order chi connectivity index (χ0) is 17.1.